The van der Waals surface area contributed by atoms with Crippen LogP contribution in [0.1, 0.15) is 23.6 Å². The van der Waals surface area contributed by atoms with Gasteiger partial charge in [0.15, 0.2) is 0 Å². The summed E-state index contributed by atoms with van der Waals surface area (Å²) in [5.74, 6) is 0. The van der Waals surface area contributed by atoms with Gasteiger partial charge in [-0.15, -0.1) is 0 Å². The van der Waals surface area contributed by atoms with E-state index in [2.05, 4.69) is 15.9 Å². The summed E-state index contributed by atoms with van der Waals surface area (Å²) in [6, 6.07) is 2.00. The highest BCUT2D eigenvalue weighted by Gasteiger charge is 2.19. The van der Waals surface area contributed by atoms with Crippen LogP contribution in [0.2, 0.25) is 0 Å². The van der Waals surface area contributed by atoms with Crippen molar-refractivity contribution >= 4 is 27.7 Å². The Morgan fingerprint density at radius 1 is 1.38 bits per heavy atom. The standard InChI is InChI=1S/C12H16BrNO2/c1-5-14(12(15)16)11-8(3)6-7(2)10(13)9(11)4/h6H,5H2,1-4H3,(H,15,16). The first-order chi connectivity index (χ1) is 7.40. The van der Waals surface area contributed by atoms with Crippen LogP contribution in [0.3, 0.4) is 0 Å². The summed E-state index contributed by atoms with van der Waals surface area (Å²) in [5, 5.41) is 9.15. The molecule has 0 saturated carbocycles. The minimum absolute atomic E-state index is 0.451. The SMILES string of the molecule is CCN(C(=O)O)c1c(C)cc(C)c(Br)c1C. The number of carboxylic acid groups (broad SMARTS) is 1. The molecule has 0 radical (unpaired) electrons. The number of anilines is 1. The molecule has 0 heterocycles. The van der Waals surface area contributed by atoms with Crippen LogP contribution in [0.4, 0.5) is 10.5 Å². The molecule has 3 nitrogen and oxygen atoms in total. The van der Waals surface area contributed by atoms with Crippen molar-refractivity contribution in [2.45, 2.75) is 27.7 Å². The summed E-state index contributed by atoms with van der Waals surface area (Å²) in [7, 11) is 0. The fraction of sp³-hybridized carbons (Fsp3) is 0.417. The lowest BCUT2D eigenvalue weighted by Crippen LogP contribution is -2.30. The van der Waals surface area contributed by atoms with Crippen LogP contribution in [0.15, 0.2) is 10.5 Å². The Balaban J connectivity index is 3.43. The summed E-state index contributed by atoms with van der Waals surface area (Å²) in [5.41, 5.74) is 3.87. The summed E-state index contributed by atoms with van der Waals surface area (Å²) >= 11 is 3.49. The Bertz CT molecular complexity index is 430. The van der Waals surface area contributed by atoms with Gasteiger partial charge in [-0.2, -0.15) is 0 Å². The molecule has 0 aliphatic heterocycles. The van der Waals surface area contributed by atoms with E-state index in [1.807, 2.05) is 33.8 Å². The van der Waals surface area contributed by atoms with E-state index in [0.717, 1.165) is 26.9 Å². The maximum atomic E-state index is 11.1. The average molecular weight is 286 g/mol. The number of nitrogens with zero attached hydrogens (tertiary/aromatic N) is 1. The largest absolute Gasteiger partial charge is 0.465 e. The molecule has 88 valence electrons. The molecule has 0 spiro atoms. The highest BCUT2D eigenvalue weighted by molar-refractivity contribution is 9.10. The zero-order chi connectivity index (χ0) is 12.5. The Labute approximate surface area is 104 Å². The molecule has 0 fully saturated rings. The van der Waals surface area contributed by atoms with Crippen LogP contribution in [0.25, 0.3) is 0 Å². The maximum absolute atomic E-state index is 11.1. The molecular formula is C12H16BrNO2. The number of hydrogen-bond donors (Lipinski definition) is 1. The summed E-state index contributed by atoms with van der Waals surface area (Å²) < 4.78 is 0.979. The average Bonchev–Trinajstić information content (AvgIpc) is 2.20. The Hall–Kier alpha value is -1.03. The molecule has 0 atom stereocenters. The lowest BCUT2D eigenvalue weighted by Gasteiger charge is -2.23. The number of carbonyl (C=O) groups is 1. The second-order valence-electron chi connectivity index (χ2n) is 3.82. The fourth-order valence-corrected chi connectivity index (χ4v) is 2.26. The topological polar surface area (TPSA) is 40.5 Å². The van der Waals surface area contributed by atoms with E-state index in [1.54, 1.807) is 0 Å². The summed E-state index contributed by atoms with van der Waals surface area (Å²) in [6.07, 6.45) is -0.913. The zero-order valence-corrected chi connectivity index (χ0v) is 11.6. The summed E-state index contributed by atoms with van der Waals surface area (Å²) in [4.78, 5) is 12.5. The van der Waals surface area contributed by atoms with E-state index >= 15 is 0 Å². The molecular weight excluding hydrogens is 270 g/mol. The predicted octanol–water partition coefficient (Wildman–Crippen LogP) is 3.88. The quantitative estimate of drug-likeness (QED) is 0.896. The van der Waals surface area contributed by atoms with Crippen molar-refractivity contribution in [3.63, 3.8) is 0 Å². The first-order valence-electron chi connectivity index (χ1n) is 5.16. The van der Waals surface area contributed by atoms with E-state index in [9.17, 15) is 4.79 Å². The van der Waals surface area contributed by atoms with Crippen molar-refractivity contribution in [3.05, 3.63) is 27.2 Å². The molecule has 4 heteroatoms. The van der Waals surface area contributed by atoms with Gasteiger partial charge in [0.05, 0.1) is 5.69 Å². The Morgan fingerprint density at radius 3 is 2.38 bits per heavy atom. The Kier molecular flexibility index (Phi) is 3.97. The first-order valence-corrected chi connectivity index (χ1v) is 5.96. The van der Waals surface area contributed by atoms with Crippen LogP contribution in [-0.4, -0.2) is 17.7 Å². The van der Waals surface area contributed by atoms with E-state index in [0.29, 0.717) is 6.54 Å². The molecule has 0 unspecified atom stereocenters. The normalized spacial score (nSPS) is 10.3. The second-order valence-corrected chi connectivity index (χ2v) is 4.62. The molecule has 1 amide bonds. The summed E-state index contributed by atoms with van der Waals surface area (Å²) in [6.45, 7) is 8.16. The number of amides is 1. The minimum Gasteiger partial charge on any atom is -0.465 e. The molecule has 16 heavy (non-hydrogen) atoms. The molecule has 0 aromatic heterocycles. The van der Waals surface area contributed by atoms with Gasteiger partial charge < -0.3 is 5.11 Å². The predicted molar refractivity (Wildman–Crippen MR) is 69.4 cm³/mol. The lowest BCUT2D eigenvalue weighted by molar-refractivity contribution is 0.202. The second kappa shape index (κ2) is 4.87. The molecule has 1 rings (SSSR count). The smallest absolute Gasteiger partial charge is 0.411 e. The number of benzene rings is 1. The number of rotatable bonds is 2. The molecule has 0 saturated heterocycles. The van der Waals surface area contributed by atoms with Crippen molar-refractivity contribution in [3.8, 4) is 0 Å². The lowest BCUT2D eigenvalue weighted by atomic mass is 10.0. The maximum Gasteiger partial charge on any atom is 0.411 e. The van der Waals surface area contributed by atoms with Gasteiger partial charge >= 0.3 is 6.09 Å². The van der Waals surface area contributed by atoms with Gasteiger partial charge in [0.1, 0.15) is 0 Å². The number of halogens is 1. The van der Waals surface area contributed by atoms with E-state index in [-0.39, 0.29) is 0 Å². The van der Waals surface area contributed by atoms with Gasteiger partial charge in [-0.05, 0) is 44.4 Å². The van der Waals surface area contributed by atoms with Crippen LogP contribution in [-0.2, 0) is 0 Å². The van der Waals surface area contributed by atoms with E-state index in [1.165, 1.54) is 4.90 Å². The van der Waals surface area contributed by atoms with Crippen molar-refractivity contribution in [1.82, 2.24) is 0 Å². The van der Waals surface area contributed by atoms with Crippen LogP contribution >= 0.6 is 15.9 Å². The van der Waals surface area contributed by atoms with Gasteiger partial charge in [-0.1, -0.05) is 22.0 Å². The van der Waals surface area contributed by atoms with Crippen molar-refractivity contribution in [2.75, 3.05) is 11.4 Å². The van der Waals surface area contributed by atoms with Crippen molar-refractivity contribution < 1.29 is 9.90 Å². The highest BCUT2D eigenvalue weighted by atomic mass is 79.9. The monoisotopic (exact) mass is 285 g/mol. The minimum atomic E-state index is -0.913. The van der Waals surface area contributed by atoms with Crippen molar-refractivity contribution in [2.24, 2.45) is 0 Å². The zero-order valence-electron chi connectivity index (χ0n) is 9.97. The van der Waals surface area contributed by atoms with Crippen LogP contribution in [0.5, 0.6) is 0 Å². The van der Waals surface area contributed by atoms with Gasteiger partial charge in [-0.3, -0.25) is 4.90 Å². The molecule has 1 aromatic carbocycles. The number of aryl methyl sites for hydroxylation is 2. The van der Waals surface area contributed by atoms with Crippen LogP contribution < -0.4 is 4.90 Å². The van der Waals surface area contributed by atoms with Crippen molar-refractivity contribution in [1.29, 1.82) is 0 Å². The Morgan fingerprint density at radius 2 is 1.94 bits per heavy atom. The van der Waals surface area contributed by atoms with Gasteiger partial charge in [0.2, 0.25) is 0 Å². The third kappa shape index (κ3) is 2.21. The number of hydrogen-bond acceptors (Lipinski definition) is 1. The fourth-order valence-electron chi connectivity index (χ4n) is 1.96. The van der Waals surface area contributed by atoms with E-state index in [4.69, 9.17) is 5.11 Å². The first kappa shape index (κ1) is 13.0. The molecule has 0 bridgehead atoms. The van der Waals surface area contributed by atoms with Crippen LogP contribution in [0, 0.1) is 20.8 Å². The molecule has 1 N–H and O–H groups in total. The third-order valence-corrected chi connectivity index (χ3v) is 3.87. The molecule has 0 aliphatic rings. The highest BCUT2D eigenvalue weighted by Crippen LogP contribution is 2.33. The van der Waals surface area contributed by atoms with E-state index < -0.39 is 6.09 Å². The van der Waals surface area contributed by atoms with Gasteiger partial charge in [0.25, 0.3) is 0 Å². The molecule has 1 aromatic rings. The third-order valence-electron chi connectivity index (χ3n) is 2.65. The molecule has 0 aliphatic carbocycles. The van der Waals surface area contributed by atoms with Gasteiger partial charge in [0, 0.05) is 11.0 Å². The van der Waals surface area contributed by atoms with Gasteiger partial charge in [-0.25, -0.2) is 4.79 Å².